The molecule has 1 saturated carbocycles. The maximum Gasteiger partial charge on any atom is 0.330 e. The highest BCUT2D eigenvalue weighted by Gasteiger charge is 2.11. The summed E-state index contributed by atoms with van der Waals surface area (Å²) < 4.78 is 4.47. The minimum atomic E-state index is -0.415. The van der Waals surface area contributed by atoms with Gasteiger partial charge in [-0.1, -0.05) is 19.3 Å². The molecule has 146 valence electrons. The van der Waals surface area contributed by atoms with Crippen LogP contribution in [0.5, 0.6) is 0 Å². The molecule has 0 bridgehead atoms. The third-order valence-corrected chi connectivity index (χ3v) is 4.23. The van der Waals surface area contributed by atoms with Crippen LogP contribution in [0.2, 0.25) is 0 Å². The Morgan fingerprint density at radius 1 is 1.42 bits per heavy atom. The highest BCUT2D eigenvalue weighted by molar-refractivity contribution is 5.88. The fourth-order valence-corrected chi connectivity index (χ4v) is 2.82. The predicted octanol–water partition coefficient (Wildman–Crippen LogP) is 1.52. The largest absolute Gasteiger partial charge is 0.466 e. The predicted molar refractivity (Wildman–Crippen MR) is 104 cm³/mol. The topological polar surface area (TPSA) is 91.8 Å². The van der Waals surface area contributed by atoms with Gasteiger partial charge in [0.2, 0.25) is 0 Å². The molecule has 1 heterocycles. The lowest BCUT2D eigenvalue weighted by atomic mass is 9.89. The maximum absolute atomic E-state index is 10.9. The van der Waals surface area contributed by atoms with Crippen molar-refractivity contribution in [3.8, 4) is 0 Å². The second kappa shape index (κ2) is 13.1. The Kier molecular flexibility index (Phi) is 11.0. The molecule has 26 heavy (non-hydrogen) atoms. The molecule has 2 aliphatic rings. The molecule has 7 heteroatoms. The van der Waals surface area contributed by atoms with Crippen molar-refractivity contribution in [2.45, 2.75) is 45.1 Å². The van der Waals surface area contributed by atoms with E-state index >= 15 is 0 Å². The van der Waals surface area contributed by atoms with Gasteiger partial charge >= 0.3 is 5.97 Å². The number of esters is 1. The van der Waals surface area contributed by atoms with Crippen molar-refractivity contribution in [2.75, 3.05) is 27.2 Å². The Hall–Kier alpha value is -2.15. The van der Waals surface area contributed by atoms with Crippen molar-refractivity contribution in [1.82, 2.24) is 16.0 Å². The minimum Gasteiger partial charge on any atom is -0.466 e. The first-order valence-electron chi connectivity index (χ1n) is 9.22. The Balaban J connectivity index is 0.000000314. The smallest absolute Gasteiger partial charge is 0.330 e. The number of nitrogens with zero attached hydrogens (tertiary/aromatic N) is 1. The van der Waals surface area contributed by atoms with Gasteiger partial charge in [0.25, 0.3) is 0 Å². The van der Waals surface area contributed by atoms with Crippen LogP contribution in [0.25, 0.3) is 0 Å². The SMILES string of the molecule is CNCC1CCCCC1.COC(=O)/C=C/C1=CNC(=NC(C)C=O)CN1. The summed E-state index contributed by atoms with van der Waals surface area (Å²) in [7, 11) is 3.37. The summed E-state index contributed by atoms with van der Waals surface area (Å²) >= 11 is 0. The Morgan fingerprint density at radius 3 is 2.69 bits per heavy atom. The van der Waals surface area contributed by atoms with E-state index in [9.17, 15) is 9.59 Å². The van der Waals surface area contributed by atoms with E-state index in [2.05, 4.69) is 32.7 Å². The van der Waals surface area contributed by atoms with Crippen LogP contribution in [0.4, 0.5) is 0 Å². The number of amidine groups is 1. The number of aldehydes is 1. The number of ether oxygens (including phenoxy) is 1. The molecule has 0 aromatic heterocycles. The fourth-order valence-electron chi connectivity index (χ4n) is 2.82. The van der Waals surface area contributed by atoms with Crippen molar-refractivity contribution in [3.05, 3.63) is 24.0 Å². The Labute approximate surface area is 156 Å². The van der Waals surface area contributed by atoms with Crippen LogP contribution in [0.15, 0.2) is 29.0 Å². The number of allylic oxidation sites excluding steroid dienone is 1. The summed E-state index contributed by atoms with van der Waals surface area (Å²) in [6.45, 7) is 3.42. The molecule has 1 aliphatic heterocycles. The van der Waals surface area contributed by atoms with Gasteiger partial charge in [-0.15, -0.1) is 0 Å². The average molecular weight is 364 g/mol. The summed E-state index contributed by atoms with van der Waals surface area (Å²) in [4.78, 5) is 25.4. The zero-order valence-corrected chi connectivity index (χ0v) is 16.1. The first kappa shape index (κ1) is 21.9. The molecule has 0 aromatic rings. The van der Waals surface area contributed by atoms with E-state index in [1.165, 1.54) is 51.8 Å². The number of carbonyl (C=O) groups is 2. The van der Waals surface area contributed by atoms with Gasteiger partial charge in [-0.05, 0) is 45.4 Å². The highest BCUT2D eigenvalue weighted by atomic mass is 16.5. The summed E-state index contributed by atoms with van der Waals surface area (Å²) in [5.74, 6) is 1.25. The standard InChI is InChI=1S/C11H15N3O3.C8H17N/c1-8(7-15)14-10-6-12-9(5-13-10)3-4-11(16)17-2;1-9-7-8-5-3-2-4-6-8/h3-5,7-8,12H,6H2,1-2H3,(H,13,14);8-9H,2-7H2,1H3/b4-3+;. The van der Waals surface area contributed by atoms with Gasteiger partial charge in [-0.2, -0.15) is 0 Å². The van der Waals surface area contributed by atoms with E-state index < -0.39 is 5.97 Å². The van der Waals surface area contributed by atoms with Crippen LogP contribution in [-0.2, 0) is 14.3 Å². The molecular weight excluding hydrogens is 332 g/mol. The van der Waals surface area contributed by atoms with Gasteiger partial charge in [-0.25, -0.2) is 4.79 Å². The van der Waals surface area contributed by atoms with Gasteiger partial charge < -0.3 is 25.5 Å². The summed E-state index contributed by atoms with van der Waals surface area (Å²) in [5, 5.41) is 9.21. The number of hydrogen-bond acceptors (Lipinski definition) is 6. The van der Waals surface area contributed by atoms with Crippen molar-refractivity contribution in [1.29, 1.82) is 0 Å². The maximum atomic E-state index is 10.9. The normalized spacial score (nSPS) is 20.3. The van der Waals surface area contributed by atoms with Crippen LogP contribution in [0.3, 0.4) is 0 Å². The molecule has 0 saturated heterocycles. The van der Waals surface area contributed by atoms with E-state index in [4.69, 9.17) is 0 Å². The minimum absolute atomic E-state index is 0.361. The van der Waals surface area contributed by atoms with Crippen molar-refractivity contribution >= 4 is 18.1 Å². The zero-order chi connectivity index (χ0) is 19.2. The first-order chi connectivity index (χ1) is 12.6. The van der Waals surface area contributed by atoms with Crippen LogP contribution in [0, 0.1) is 5.92 Å². The molecule has 2 rings (SSSR count). The van der Waals surface area contributed by atoms with E-state index in [-0.39, 0.29) is 6.04 Å². The monoisotopic (exact) mass is 364 g/mol. The number of rotatable bonds is 6. The van der Waals surface area contributed by atoms with Crippen LogP contribution in [-0.4, -0.2) is 51.4 Å². The molecule has 1 unspecified atom stereocenters. The lowest BCUT2D eigenvalue weighted by molar-refractivity contribution is -0.134. The first-order valence-corrected chi connectivity index (χ1v) is 9.22. The Morgan fingerprint density at radius 2 is 2.15 bits per heavy atom. The molecule has 7 nitrogen and oxygen atoms in total. The van der Waals surface area contributed by atoms with E-state index in [1.54, 1.807) is 19.2 Å². The third kappa shape index (κ3) is 9.36. The van der Waals surface area contributed by atoms with Crippen LogP contribution < -0.4 is 16.0 Å². The van der Waals surface area contributed by atoms with Gasteiger partial charge in [0.15, 0.2) is 0 Å². The van der Waals surface area contributed by atoms with Gasteiger partial charge in [-0.3, -0.25) is 4.99 Å². The van der Waals surface area contributed by atoms with Crippen LogP contribution in [0.1, 0.15) is 39.0 Å². The lowest BCUT2D eigenvalue weighted by Gasteiger charge is -2.20. The number of carbonyl (C=O) groups excluding carboxylic acids is 2. The number of methoxy groups -OCH3 is 1. The second-order valence-electron chi connectivity index (χ2n) is 6.47. The summed E-state index contributed by atoms with van der Waals surface area (Å²) in [5.41, 5.74) is 0.744. The molecule has 0 aromatic carbocycles. The summed E-state index contributed by atoms with van der Waals surface area (Å²) in [6.07, 6.45) is 12.7. The van der Waals surface area contributed by atoms with Crippen molar-refractivity contribution in [2.24, 2.45) is 10.9 Å². The molecule has 0 radical (unpaired) electrons. The van der Waals surface area contributed by atoms with Gasteiger partial charge in [0, 0.05) is 12.3 Å². The molecule has 1 fully saturated rings. The fraction of sp³-hybridized carbons (Fsp3) is 0.632. The number of aliphatic imine (C=N–C) groups is 1. The Bertz CT molecular complexity index is 520. The number of nitrogens with one attached hydrogen (secondary N) is 3. The summed E-state index contributed by atoms with van der Waals surface area (Å²) in [6, 6.07) is -0.361. The third-order valence-electron chi connectivity index (χ3n) is 4.23. The molecule has 3 N–H and O–H groups in total. The van der Waals surface area contributed by atoms with Crippen LogP contribution >= 0.6 is 0 Å². The van der Waals surface area contributed by atoms with E-state index in [0.29, 0.717) is 12.4 Å². The van der Waals surface area contributed by atoms with Crippen molar-refractivity contribution in [3.63, 3.8) is 0 Å². The van der Waals surface area contributed by atoms with E-state index in [1.807, 2.05) is 0 Å². The highest BCUT2D eigenvalue weighted by Crippen LogP contribution is 2.22. The van der Waals surface area contributed by atoms with Gasteiger partial charge in [0.1, 0.15) is 18.2 Å². The van der Waals surface area contributed by atoms with Crippen molar-refractivity contribution < 1.29 is 14.3 Å². The molecular formula is C19H32N4O3. The molecule has 0 amide bonds. The van der Waals surface area contributed by atoms with E-state index in [0.717, 1.165) is 17.9 Å². The molecule has 0 spiro atoms. The van der Waals surface area contributed by atoms with Gasteiger partial charge in [0.05, 0.1) is 19.4 Å². The second-order valence-corrected chi connectivity index (χ2v) is 6.47. The average Bonchev–Trinajstić information content (AvgIpc) is 2.68. The number of hydrogen-bond donors (Lipinski definition) is 3. The quantitative estimate of drug-likeness (QED) is 0.376. The molecule has 1 aliphatic carbocycles. The lowest BCUT2D eigenvalue weighted by Crippen LogP contribution is -2.37. The zero-order valence-electron chi connectivity index (χ0n) is 16.1. The molecule has 1 atom stereocenters.